The summed E-state index contributed by atoms with van der Waals surface area (Å²) >= 11 is 3.27. The predicted octanol–water partition coefficient (Wildman–Crippen LogP) is 3.93. The van der Waals surface area contributed by atoms with Crippen molar-refractivity contribution in [2.24, 2.45) is 4.99 Å². The van der Waals surface area contributed by atoms with Gasteiger partial charge in [-0.1, -0.05) is 15.9 Å². The van der Waals surface area contributed by atoms with Crippen LogP contribution in [0.1, 0.15) is 47.1 Å². The molecule has 1 atom stereocenters. The topological polar surface area (TPSA) is 84.8 Å². The number of aliphatic imine (C=N–C) groups is 1. The molecule has 0 aliphatic carbocycles. The van der Waals surface area contributed by atoms with Gasteiger partial charge in [-0.3, -0.25) is 10.3 Å². The molecule has 1 N–H and O–H groups in total. The van der Waals surface area contributed by atoms with Gasteiger partial charge in [0.1, 0.15) is 27.5 Å². The molecule has 150 valence electrons. The third-order valence-corrected chi connectivity index (χ3v) is 7.49. The highest BCUT2D eigenvalue weighted by atomic mass is 79.9. The molecule has 1 aliphatic rings. The van der Waals surface area contributed by atoms with Crippen molar-refractivity contribution in [1.29, 1.82) is 0 Å². The summed E-state index contributed by atoms with van der Waals surface area (Å²) in [6.07, 6.45) is -0.816. The van der Waals surface area contributed by atoms with E-state index in [-0.39, 0.29) is 17.2 Å². The molecular weight excluding hydrogens is 439 g/mol. The summed E-state index contributed by atoms with van der Waals surface area (Å²) in [5, 5.41) is 2.46. The molecule has 27 heavy (non-hydrogen) atoms. The lowest BCUT2D eigenvalue weighted by Gasteiger charge is -2.39. The van der Waals surface area contributed by atoms with Crippen LogP contribution in [0.3, 0.4) is 0 Å². The van der Waals surface area contributed by atoms with E-state index in [2.05, 4.69) is 26.2 Å². The third kappa shape index (κ3) is 4.51. The standard InChI is InChI=1S/C18H24BrFN2O4S/c1-16(2,3)26-15(23)21-14-17(4,5)27(24,25)10-18(6,22-14)12-9-11(19)7-8-13(12)20/h7-9H,10H2,1-6H3,(H,21,22,23)/t18-/m0/s1. The highest BCUT2D eigenvalue weighted by Crippen LogP contribution is 2.39. The van der Waals surface area contributed by atoms with Crippen LogP contribution in [0.4, 0.5) is 9.18 Å². The number of carbonyl (C=O) groups is 1. The molecule has 1 aromatic carbocycles. The van der Waals surface area contributed by atoms with Crippen molar-refractivity contribution in [2.75, 3.05) is 5.75 Å². The largest absolute Gasteiger partial charge is 0.444 e. The Bertz CT molecular complexity index is 906. The molecule has 0 saturated heterocycles. The van der Waals surface area contributed by atoms with Crippen LogP contribution in [0.2, 0.25) is 0 Å². The lowest BCUT2D eigenvalue weighted by Crippen LogP contribution is -2.58. The third-order valence-electron chi connectivity index (χ3n) is 4.31. The summed E-state index contributed by atoms with van der Waals surface area (Å²) in [7, 11) is -3.77. The Morgan fingerprint density at radius 2 is 1.89 bits per heavy atom. The summed E-state index contributed by atoms with van der Waals surface area (Å²) in [5.41, 5.74) is -2.03. The minimum atomic E-state index is -3.77. The molecule has 6 nitrogen and oxygen atoms in total. The molecule has 0 unspecified atom stereocenters. The van der Waals surface area contributed by atoms with Gasteiger partial charge in [0, 0.05) is 10.0 Å². The maximum absolute atomic E-state index is 14.5. The fourth-order valence-corrected chi connectivity index (χ4v) is 4.81. The van der Waals surface area contributed by atoms with Crippen molar-refractivity contribution in [3.63, 3.8) is 0 Å². The number of hydrogen-bond donors (Lipinski definition) is 1. The van der Waals surface area contributed by atoms with E-state index < -0.39 is 37.6 Å². The Morgan fingerprint density at radius 1 is 1.30 bits per heavy atom. The number of amidine groups is 1. The molecule has 0 saturated carbocycles. The molecule has 0 fully saturated rings. The molecule has 1 aliphatic heterocycles. The van der Waals surface area contributed by atoms with Crippen molar-refractivity contribution in [3.8, 4) is 0 Å². The van der Waals surface area contributed by atoms with E-state index in [9.17, 15) is 17.6 Å². The van der Waals surface area contributed by atoms with Gasteiger partial charge in [0.2, 0.25) is 0 Å². The smallest absolute Gasteiger partial charge is 0.413 e. The number of alkyl carbamates (subject to hydrolysis) is 1. The molecule has 0 spiro atoms. The number of halogens is 2. The van der Waals surface area contributed by atoms with E-state index >= 15 is 0 Å². The second-order valence-corrected chi connectivity index (χ2v) is 11.7. The fraction of sp³-hybridized carbons (Fsp3) is 0.556. The Labute approximate surface area is 167 Å². The first-order chi connectivity index (χ1) is 12.1. The molecule has 1 amide bonds. The Hall–Kier alpha value is -1.48. The normalized spacial score (nSPS) is 24.1. The van der Waals surface area contributed by atoms with Crippen LogP contribution in [0.15, 0.2) is 27.7 Å². The number of nitrogens with one attached hydrogen (secondary N) is 1. The van der Waals surface area contributed by atoms with Gasteiger partial charge in [0.15, 0.2) is 9.84 Å². The van der Waals surface area contributed by atoms with Gasteiger partial charge >= 0.3 is 6.09 Å². The predicted molar refractivity (Wildman–Crippen MR) is 106 cm³/mol. The van der Waals surface area contributed by atoms with Crippen LogP contribution < -0.4 is 5.32 Å². The van der Waals surface area contributed by atoms with E-state index in [1.807, 2.05) is 0 Å². The van der Waals surface area contributed by atoms with Crippen molar-refractivity contribution in [2.45, 2.75) is 57.4 Å². The molecular formula is C18H24BrFN2O4S. The Balaban J connectivity index is 2.57. The lowest BCUT2D eigenvalue weighted by molar-refractivity contribution is 0.0560. The number of hydrogen-bond acceptors (Lipinski definition) is 5. The van der Waals surface area contributed by atoms with E-state index in [0.717, 1.165) is 0 Å². The van der Waals surface area contributed by atoms with Gasteiger partial charge in [-0.05, 0) is 59.7 Å². The number of rotatable bonds is 1. The minimum absolute atomic E-state index is 0.0788. The first-order valence-corrected chi connectivity index (χ1v) is 10.8. The lowest BCUT2D eigenvalue weighted by atomic mass is 9.93. The average molecular weight is 463 g/mol. The molecule has 0 bridgehead atoms. The highest BCUT2D eigenvalue weighted by Gasteiger charge is 2.51. The molecule has 0 aromatic heterocycles. The summed E-state index contributed by atoms with van der Waals surface area (Å²) in [4.78, 5) is 16.7. The van der Waals surface area contributed by atoms with Crippen LogP contribution in [0.25, 0.3) is 0 Å². The second-order valence-electron chi connectivity index (χ2n) is 8.25. The van der Waals surface area contributed by atoms with Crippen LogP contribution in [0, 0.1) is 5.82 Å². The van der Waals surface area contributed by atoms with E-state index in [1.54, 1.807) is 20.8 Å². The summed E-state index contributed by atoms with van der Waals surface area (Å²) in [6.45, 7) is 9.51. The maximum atomic E-state index is 14.5. The quantitative estimate of drug-likeness (QED) is 0.684. The fourth-order valence-electron chi connectivity index (χ4n) is 2.74. The van der Waals surface area contributed by atoms with E-state index in [4.69, 9.17) is 4.74 Å². The molecule has 2 rings (SSSR count). The SMILES string of the molecule is CC(C)(C)OC(=O)NC1=N[C@](C)(c2cc(Br)ccc2F)CS(=O)(=O)C1(C)C. The molecule has 9 heteroatoms. The van der Waals surface area contributed by atoms with Gasteiger partial charge in [-0.15, -0.1) is 0 Å². The first kappa shape index (κ1) is 21.8. The zero-order valence-electron chi connectivity index (χ0n) is 16.2. The van der Waals surface area contributed by atoms with Crippen molar-refractivity contribution < 1.29 is 22.3 Å². The first-order valence-electron chi connectivity index (χ1n) is 8.36. The molecule has 1 heterocycles. The van der Waals surface area contributed by atoms with Crippen LogP contribution >= 0.6 is 15.9 Å². The van der Waals surface area contributed by atoms with Crippen LogP contribution in [0.5, 0.6) is 0 Å². The number of carbonyl (C=O) groups excluding carboxylic acids is 1. The number of benzene rings is 1. The van der Waals surface area contributed by atoms with Gasteiger partial charge in [-0.2, -0.15) is 0 Å². The van der Waals surface area contributed by atoms with Crippen LogP contribution in [-0.4, -0.2) is 36.4 Å². The van der Waals surface area contributed by atoms with Crippen molar-refractivity contribution >= 4 is 37.7 Å². The van der Waals surface area contributed by atoms with Crippen molar-refractivity contribution in [3.05, 3.63) is 34.1 Å². The monoisotopic (exact) mass is 462 g/mol. The van der Waals surface area contributed by atoms with Gasteiger partial charge in [-0.25, -0.2) is 17.6 Å². The zero-order chi connectivity index (χ0) is 20.8. The molecule has 1 aromatic rings. The zero-order valence-corrected chi connectivity index (χ0v) is 18.6. The number of amides is 1. The Kier molecular flexibility index (Phi) is 5.53. The summed E-state index contributed by atoms with van der Waals surface area (Å²) in [6, 6.07) is 4.26. The maximum Gasteiger partial charge on any atom is 0.413 e. The number of nitrogens with zero attached hydrogens (tertiary/aromatic N) is 1. The number of ether oxygens (including phenoxy) is 1. The van der Waals surface area contributed by atoms with Crippen molar-refractivity contribution in [1.82, 2.24) is 5.32 Å². The number of sulfone groups is 1. The van der Waals surface area contributed by atoms with Gasteiger partial charge in [0.25, 0.3) is 0 Å². The summed E-state index contributed by atoms with van der Waals surface area (Å²) < 4.78 is 44.7. The van der Waals surface area contributed by atoms with Gasteiger partial charge < -0.3 is 4.74 Å². The van der Waals surface area contributed by atoms with E-state index in [1.165, 1.54) is 39.0 Å². The molecule has 0 radical (unpaired) electrons. The highest BCUT2D eigenvalue weighted by molar-refractivity contribution is 9.10. The van der Waals surface area contributed by atoms with E-state index in [0.29, 0.717) is 4.47 Å². The summed E-state index contributed by atoms with van der Waals surface area (Å²) in [5.74, 6) is -1.04. The minimum Gasteiger partial charge on any atom is -0.444 e. The second kappa shape index (κ2) is 6.84. The Morgan fingerprint density at radius 3 is 2.44 bits per heavy atom. The average Bonchev–Trinajstić information content (AvgIpc) is 2.45. The van der Waals surface area contributed by atoms with Crippen LogP contribution in [-0.2, 0) is 20.1 Å². The van der Waals surface area contributed by atoms with Gasteiger partial charge in [0.05, 0.1) is 5.75 Å².